The van der Waals surface area contributed by atoms with Crippen LogP contribution in [0.15, 0.2) is 71.6 Å². The van der Waals surface area contributed by atoms with Crippen molar-refractivity contribution in [3.8, 4) is 0 Å². The van der Waals surface area contributed by atoms with Gasteiger partial charge in [-0.1, -0.05) is 30.3 Å². The Morgan fingerprint density at radius 2 is 1.68 bits per heavy atom. The zero-order valence-electron chi connectivity index (χ0n) is 16.0. The van der Waals surface area contributed by atoms with Gasteiger partial charge in [-0.3, -0.25) is 4.79 Å². The fourth-order valence-electron chi connectivity index (χ4n) is 3.58. The maximum absolute atomic E-state index is 12.8. The summed E-state index contributed by atoms with van der Waals surface area (Å²) in [5.41, 5.74) is 8.75. The number of aliphatic imine (C=N–C) groups is 1. The highest BCUT2D eigenvalue weighted by Crippen LogP contribution is 2.29. The van der Waals surface area contributed by atoms with Gasteiger partial charge in [-0.05, 0) is 36.9 Å². The first-order valence-electron chi connectivity index (χ1n) is 9.54. The number of carbonyl (C=O) groups excluding carboxylic acids is 1. The van der Waals surface area contributed by atoms with Gasteiger partial charge >= 0.3 is 0 Å². The molecule has 2 aromatic rings. The molecule has 0 aliphatic carbocycles. The molecule has 6 heteroatoms. The van der Waals surface area contributed by atoms with E-state index in [0.29, 0.717) is 5.82 Å². The summed E-state index contributed by atoms with van der Waals surface area (Å²) in [6.45, 7) is 3.39. The molecule has 0 aromatic heterocycles. The van der Waals surface area contributed by atoms with Crippen LogP contribution in [-0.4, -0.2) is 55.1 Å². The number of para-hydroxylation sites is 1. The Morgan fingerprint density at radius 1 is 1.00 bits per heavy atom. The number of nitrogens with two attached hydrogens (primary N) is 1. The Labute approximate surface area is 165 Å². The molecule has 2 N–H and O–H groups in total. The molecule has 2 aliphatic rings. The topological polar surface area (TPSA) is 65.2 Å². The van der Waals surface area contributed by atoms with Crippen LogP contribution in [-0.2, 0) is 0 Å². The summed E-state index contributed by atoms with van der Waals surface area (Å²) >= 11 is 0. The number of nitrogens with zero attached hydrogens (tertiary/aromatic N) is 4. The van der Waals surface area contributed by atoms with E-state index in [1.54, 1.807) is 0 Å². The fraction of sp³-hybridized carbons (Fsp3) is 0.273. The zero-order valence-corrected chi connectivity index (χ0v) is 16.0. The number of rotatable bonds is 3. The van der Waals surface area contributed by atoms with Crippen molar-refractivity contribution in [3.05, 3.63) is 77.7 Å². The van der Waals surface area contributed by atoms with Crippen LogP contribution in [0, 0.1) is 0 Å². The minimum atomic E-state index is -0.0671. The van der Waals surface area contributed by atoms with E-state index < -0.39 is 0 Å². The lowest BCUT2D eigenvalue weighted by Gasteiger charge is -2.33. The lowest BCUT2D eigenvalue weighted by Crippen LogP contribution is -2.47. The van der Waals surface area contributed by atoms with Crippen LogP contribution in [0.25, 0.3) is 0 Å². The van der Waals surface area contributed by atoms with Gasteiger partial charge in [0.15, 0.2) is 0 Å². The molecule has 0 radical (unpaired) electrons. The van der Waals surface area contributed by atoms with Crippen LogP contribution in [0.2, 0.25) is 0 Å². The van der Waals surface area contributed by atoms with Crippen molar-refractivity contribution in [3.63, 3.8) is 0 Å². The standard InChI is InChI=1S/C22H25N5O/c1-25-11-13-26(14-12-25)22(28)18-9-7-17(8-10-18)20-15-24-21(23)16-27(20)19-5-3-2-4-6-19/h2-10,15-16,20H,11-14,23H2,1H3. The second-order valence-electron chi connectivity index (χ2n) is 7.24. The highest BCUT2D eigenvalue weighted by atomic mass is 16.2. The number of anilines is 1. The lowest BCUT2D eigenvalue weighted by atomic mass is 10.0. The van der Waals surface area contributed by atoms with Crippen LogP contribution in [0.3, 0.4) is 0 Å². The van der Waals surface area contributed by atoms with E-state index in [1.807, 2.05) is 71.9 Å². The first-order valence-corrected chi connectivity index (χ1v) is 9.54. The number of amides is 1. The van der Waals surface area contributed by atoms with Gasteiger partial charge in [-0.25, -0.2) is 4.99 Å². The third-order valence-electron chi connectivity index (χ3n) is 5.28. The fourth-order valence-corrected chi connectivity index (χ4v) is 3.58. The molecule has 2 heterocycles. The summed E-state index contributed by atoms with van der Waals surface area (Å²) in [6, 6.07) is 17.8. The first kappa shape index (κ1) is 18.3. The monoisotopic (exact) mass is 375 g/mol. The smallest absolute Gasteiger partial charge is 0.253 e. The van der Waals surface area contributed by atoms with Gasteiger partial charge in [0.05, 0.1) is 6.04 Å². The van der Waals surface area contributed by atoms with Crippen LogP contribution < -0.4 is 10.6 Å². The van der Waals surface area contributed by atoms with Crippen molar-refractivity contribution in [2.24, 2.45) is 10.7 Å². The Bertz CT molecular complexity index is 883. The molecule has 1 amide bonds. The predicted molar refractivity (Wildman–Crippen MR) is 112 cm³/mol. The number of benzene rings is 2. The largest absolute Gasteiger partial charge is 0.382 e. The van der Waals surface area contributed by atoms with E-state index in [-0.39, 0.29) is 11.9 Å². The van der Waals surface area contributed by atoms with Crippen molar-refractivity contribution in [1.82, 2.24) is 9.80 Å². The average molecular weight is 375 g/mol. The van der Waals surface area contributed by atoms with Gasteiger partial charge < -0.3 is 20.4 Å². The Kier molecular flexibility index (Phi) is 5.12. The summed E-state index contributed by atoms with van der Waals surface area (Å²) in [6.07, 6.45) is 3.70. The molecular formula is C22H25N5O. The minimum absolute atomic E-state index is 0.0671. The number of likely N-dealkylation sites (N-methyl/N-ethyl adjacent to an activating group) is 1. The quantitative estimate of drug-likeness (QED) is 0.895. The maximum atomic E-state index is 12.8. The maximum Gasteiger partial charge on any atom is 0.253 e. The molecule has 4 rings (SSSR count). The lowest BCUT2D eigenvalue weighted by molar-refractivity contribution is 0.0664. The normalized spacial score (nSPS) is 20.2. The van der Waals surface area contributed by atoms with E-state index in [9.17, 15) is 4.79 Å². The van der Waals surface area contributed by atoms with Gasteiger partial charge in [-0.15, -0.1) is 0 Å². The third-order valence-corrected chi connectivity index (χ3v) is 5.28. The van der Waals surface area contributed by atoms with Gasteiger partial charge in [0.2, 0.25) is 0 Å². The van der Waals surface area contributed by atoms with Gasteiger partial charge in [0, 0.05) is 49.8 Å². The molecule has 1 unspecified atom stereocenters. The molecule has 0 spiro atoms. The van der Waals surface area contributed by atoms with Gasteiger partial charge in [-0.2, -0.15) is 0 Å². The summed E-state index contributed by atoms with van der Waals surface area (Å²) in [7, 11) is 2.09. The van der Waals surface area contributed by atoms with Crippen molar-refractivity contribution < 1.29 is 4.79 Å². The molecule has 1 fully saturated rings. The molecule has 2 aliphatic heterocycles. The molecule has 6 nitrogen and oxygen atoms in total. The van der Waals surface area contributed by atoms with E-state index >= 15 is 0 Å². The summed E-state index contributed by atoms with van der Waals surface area (Å²) in [5.74, 6) is 0.572. The second kappa shape index (κ2) is 7.86. The highest BCUT2D eigenvalue weighted by molar-refractivity contribution is 5.94. The van der Waals surface area contributed by atoms with Crippen molar-refractivity contribution in [2.75, 3.05) is 38.1 Å². The van der Waals surface area contributed by atoms with E-state index in [0.717, 1.165) is 43.0 Å². The van der Waals surface area contributed by atoms with E-state index in [4.69, 9.17) is 5.73 Å². The number of carbonyl (C=O) groups is 1. The van der Waals surface area contributed by atoms with Crippen molar-refractivity contribution in [1.29, 1.82) is 0 Å². The Balaban J connectivity index is 1.54. The molecule has 0 bridgehead atoms. The van der Waals surface area contributed by atoms with Gasteiger partial charge in [0.1, 0.15) is 5.82 Å². The molecule has 28 heavy (non-hydrogen) atoms. The van der Waals surface area contributed by atoms with E-state index in [1.165, 1.54) is 0 Å². The van der Waals surface area contributed by atoms with Crippen molar-refractivity contribution in [2.45, 2.75) is 6.04 Å². The first-order chi connectivity index (χ1) is 13.6. The molecular weight excluding hydrogens is 350 g/mol. The van der Waals surface area contributed by atoms with E-state index in [2.05, 4.69) is 21.8 Å². The SMILES string of the molecule is CN1CCN(C(=O)c2ccc(C3C=NC(N)=CN3c3ccccc3)cc2)CC1. The van der Waals surface area contributed by atoms with Crippen LogP contribution in [0.1, 0.15) is 22.0 Å². The summed E-state index contributed by atoms with van der Waals surface area (Å²) < 4.78 is 0. The predicted octanol–water partition coefficient (Wildman–Crippen LogP) is 2.46. The molecule has 144 valence electrons. The molecule has 1 atom stereocenters. The molecule has 1 saturated heterocycles. The van der Waals surface area contributed by atoms with Crippen LogP contribution in [0.5, 0.6) is 0 Å². The summed E-state index contributed by atoms with van der Waals surface area (Å²) in [4.78, 5) is 23.3. The second-order valence-corrected chi connectivity index (χ2v) is 7.24. The molecule has 2 aromatic carbocycles. The number of piperazine rings is 1. The van der Waals surface area contributed by atoms with Crippen molar-refractivity contribution >= 4 is 17.8 Å². The Hall–Kier alpha value is -3.12. The number of hydrogen-bond acceptors (Lipinski definition) is 5. The average Bonchev–Trinajstić information content (AvgIpc) is 2.74. The zero-order chi connectivity index (χ0) is 19.5. The van der Waals surface area contributed by atoms with Crippen LogP contribution >= 0.6 is 0 Å². The number of hydrogen-bond donors (Lipinski definition) is 1. The Morgan fingerprint density at radius 3 is 2.36 bits per heavy atom. The summed E-state index contributed by atoms with van der Waals surface area (Å²) in [5, 5.41) is 0. The van der Waals surface area contributed by atoms with Crippen LogP contribution in [0.4, 0.5) is 5.69 Å². The highest BCUT2D eigenvalue weighted by Gasteiger charge is 2.23. The molecule has 0 saturated carbocycles. The minimum Gasteiger partial charge on any atom is -0.382 e. The third kappa shape index (κ3) is 3.77. The van der Waals surface area contributed by atoms with Gasteiger partial charge in [0.25, 0.3) is 5.91 Å².